The first-order valence-corrected chi connectivity index (χ1v) is 8.42. The van der Waals surface area contributed by atoms with Crippen LogP contribution in [0.25, 0.3) is 0 Å². The third-order valence-electron chi connectivity index (χ3n) is 3.90. The average molecular weight is 416 g/mol. The Morgan fingerprint density at radius 3 is 2.43 bits per heavy atom. The summed E-state index contributed by atoms with van der Waals surface area (Å²) in [7, 11) is 2.60. The molecular formula is C19H17ClF3NO4. The van der Waals surface area contributed by atoms with Crippen LogP contribution in [-0.4, -0.2) is 32.1 Å². The zero-order chi connectivity index (χ0) is 20.9. The van der Waals surface area contributed by atoms with E-state index in [4.69, 9.17) is 16.3 Å². The number of halogens is 4. The van der Waals surface area contributed by atoms with Crippen molar-refractivity contribution in [2.24, 2.45) is 0 Å². The van der Waals surface area contributed by atoms with Crippen LogP contribution in [0.4, 0.5) is 13.2 Å². The number of carbonyl (C=O) groups excluding carboxylic acids is 2. The summed E-state index contributed by atoms with van der Waals surface area (Å²) in [6.45, 7) is 0. The van der Waals surface area contributed by atoms with Crippen molar-refractivity contribution >= 4 is 23.5 Å². The number of nitrogens with one attached hydrogen (secondary N) is 1. The van der Waals surface area contributed by atoms with Gasteiger partial charge >= 0.3 is 12.1 Å². The second-order valence-electron chi connectivity index (χ2n) is 5.80. The Balaban J connectivity index is 2.21. The topological polar surface area (TPSA) is 64.6 Å². The maximum absolute atomic E-state index is 12.8. The van der Waals surface area contributed by atoms with Crippen molar-refractivity contribution < 1.29 is 32.2 Å². The zero-order valence-electron chi connectivity index (χ0n) is 15.0. The maximum atomic E-state index is 12.8. The minimum absolute atomic E-state index is 0.0289. The number of hydrogen-bond acceptors (Lipinski definition) is 4. The number of benzene rings is 2. The van der Waals surface area contributed by atoms with Crippen molar-refractivity contribution in [2.45, 2.75) is 18.6 Å². The Bertz CT molecular complexity index is 870. The Kier molecular flexibility index (Phi) is 6.90. The molecule has 2 aromatic carbocycles. The van der Waals surface area contributed by atoms with E-state index in [0.29, 0.717) is 22.4 Å². The fraction of sp³-hybridized carbons (Fsp3) is 0.263. The number of ether oxygens (including phenoxy) is 2. The Labute approximate surface area is 164 Å². The molecule has 2 rings (SSSR count). The summed E-state index contributed by atoms with van der Waals surface area (Å²) in [5.41, 5.74) is -0.585. The van der Waals surface area contributed by atoms with Gasteiger partial charge in [-0.15, -0.1) is 0 Å². The molecule has 0 saturated heterocycles. The molecule has 28 heavy (non-hydrogen) atoms. The minimum atomic E-state index is -4.59. The predicted molar refractivity (Wildman–Crippen MR) is 96.4 cm³/mol. The van der Waals surface area contributed by atoms with E-state index >= 15 is 0 Å². The van der Waals surface area contributed by atoms with Crippen molar-refractivity contribution in [1.29, 1.82) is 0 Å². The molecule has 1 atom stereocenters. The van der Waals surface area contributed by atoms with Crippen molar-refractivity contribution in [1.82, 2.24) is 5.32 Å². The van der Waals surface area contributed by atoms with Gasteiger partial charge in [0.1, 0.15) is 11.8 Å². The van der Waals surface area contributed by atoms with Crippen LogP contribution in [0.15, 0.2) is 42.5 Å². The first kappa shape index (κ1) is 21.6. The van der Waals surface area contributed by atoms with Gasteiger partial charge in [0, 0.05) is 12.0 Å². The molecule has 1 amide bonds. The normalized spacial score (nSPS) is 12.2. The standard InChI is InChI=1S/C19H17ClF3NO4/c1-27-16-7-6-11(8-14(16)20)9-15(18(26)28-2)24-17(25)12-4-3-5-13(10-12)19(21,22)23/h3-8,10,15H,9H2,1-2H3,(H,24,25)/t15-/m1/s1. The number of carbonyl (C=O) groups is 2. The third kappa shape index (κ3) is 5.39. The molecule has 9 heteroatoms. The molecule has 5 nitrogen and oxygen atoms in total. The molecule has 0 saturated carbocycles. The van der Waals surface area contributed by atoms with Gasteiger partial charge in [-0.1, -0.05) is 23.7 Å². The summed E-state index contributed by atoms with van der Waals surface area (Å²) < 4.78 is 48.2. The van der Waals surface area contributed by atoms with Crippen molar-refractivity contribution in [2.75, 3.05) is 14.2 Å². The highest BCUT2D eigenvalue weighted by molar-refractivity contribution is 6.32. The summed E-state index contributed by atoms with van der Waals surface area (Å²) >= 11 is 6.05. The van der Waals surface area contributed by atoms with Gasteiger partial charge in [0.25, 0.3) is 5.91 Å². The number of hydrogen-bond donors (Lipinski definition) is 1. The van der Waals surface area contributed by atoms with Gasteiger partial charge in [-0.3, -0.25) is 4.79 Å². The minimum Gasteiger partial charge on any atom is -0.495 e. The molecule has 0 spiro atoms. The summed E-state index contributed by atoms with van der Waals surface area (Å²) in [4.78, 5) is 24.4. The second kappa shape index (κ2) is 8.97. The maximum Gasteiger partial charge on any atom is 0.416 e. The fourth-order valence-corrected chi connectivity index (χ4v) is 2.77. The highest BCUT2D eigenvalue weighted by Gasteiger charge is 2.31. The van der Waals surface area contributed by atoms with Crippen LogP contribution in [0, 0.1) is 0 Å². The Hall–Kier alpha value is -2.74. The smallest absolute Gasteiger partial charge is 0.416 e. The van der Waals surface area contributed by atoms with E-state index in [0.717, 1.165) is 19.2 Å². The van der Waals surface area contributed by atoms with Crippen molar-refractivity contribution in [3.8, 4) is 5.75 Å². The zero-order valence-corrected chi connectivity index (χ0v) is 15.7. The predicted octanol–water partition coefficient (Wildman–Crippen LogP) is 3.88. The molecular weight excluding hydrogens is 399 g/mol. The Morgan fingerprint density at radius 1 is 1.14 bits per heavy atom. The van der Waals surface area contributed by atoms with Crippen LogP contribution in [0.3, 0.4) is 0 Å². The molecule has 0 fully saturated rings. The second-order valence-corrected chi connectivity index (χ2v) is 6.21. The monoisotopic (exact) mass is 415 g/mol. The molecule has 150 valence electrons. The van der Waals surface area contributed by atoms with Gasteiger partial charge in [0.05, 0.1) is 24.8 Å². The van der Waals surface area contributed by atoms with E-state index in [-0.39, 0.29) is 12.0 Å². The first-order valence-electron chi connectivity index (χ1n) is 8.04. The van der Waals surface area contributed by atoms with E-state index in [1.807, 2.05) is 0 Å². The van der Waals surface area contributed by atoms with Crippen LogP contribution >= 0.6 is 11.6 Å². The van der Waals surface area contributed by atoms with Gasteiger partial charge < -0.3 is 14.8 Å². The van der Waals surface area contributed by atoms with Crippen molar-refractivity contribution in [3.05, 3.63) is 64.2 Å². The van der Waals surface area contributed by atoms with Gasteiger partial charge in [-0.05, 0) is 35.9 Å². The highest BCUT2D eigenvalue weighted by atomic mass is 35.5. The van der Waals surface area contributed by atoms with Crippen LogP contribution in [0.5, 0.6) is 5.75 Å². The summed E-state index contributed by atoms with van der Waals surface area (Å²) in [6.07, 6.45) is -4.56. The number of esters is 1. The van der Waals surface area contributed by atoms with Gasteiger partial charge in [0.15, 0.2) is 0 Å². The number of alkyl halides is 3. The lowest BCUT2D eigenvalue weighted by Crippen LogP contribution is -2.43. The van der Waals surface area contributed by atoms with Gasteiger partial charge in [-0.25, -0.2) is 4.79 Å². The molecule has 2 aromatic rings. The fourth-order valence-electron chi connectivity index (χ4n) is 2.49. The lowest BCUT2D eigenvalue weighted by Gasteiger charge is -2.17. The number of amides is 1. The van der Waals surface area contributed by atoms with E-state index in [1.165, 1.54) is 13.2 Å². The van der Waals surface area contributed by atoms with Gasteiger partial charge in [-0.2, -0.15) is 13.2 Å². The van der Waals surface area contributed by atoms with E-state index in [9.17, 15) is 22.8 Å². The SMILES string of the molecule is COC(=O)[C@@H](Cc1ccc(OC)c(Cl)c1)NC(=O)c1cccc(C(F)(F)F)c1. The highest BCUT2D eigenvalue weighted by Crippen LogP contribution is 2.29. The van der Waals surface area contributed by atoms with Gasteiger partial charge in [0.2, 0.25) is 0 Å². The van der Waals surface area contributed by atoms with Crippen molar-refractivity contribution in [3.63, 3.8) is 0 Å². The Morgan fingerprint density at radius 2 is 1.86 bits per heavy atom. The molecule has 0 aliphatic rings. The van der Waals surface area contributed by atoms with E-state index in [2.05, 4.69) is 10.1 Å². The van der Waals surface area contributed by atoms with E-state index < -0.39 is 29.7 Å². The molecule has 0 radical (unpaired) electrons. The van der Waals surface area contributed by atoms with Crippen LogP contribution in [0.2, 0.25) is 5.02 Å². The quantitative estimate of drug-likeness (QED) is 0.727. The molecule has 0 bridgehead atoms. The molecule has 0 unspecified atom stereocenters. The lowest BCUT2D eigenvalue weighted by atomic mass is 10.0. The van der Waals surface area contributed by atoms with Crippen LogP contribution in [0.1, 0.15) is 21.5 Å². The van der Waals surface area contributed by atoms with Crippen LogP contribution < -0.4 is 10.1 Å². The molecule has 0 aliphatic heterocycles. The molecule has 0 aliphatic carbocycles. The molecule has 0 aromatic heterocycles. The molecule has 0 heterocycles. The van der Waals surface area contributed by atoms with E-state index in [1.54, 1.807) is 18.2 Å². The van der Waals surface area contributed by atoms with Crippen LogP contribution in [-0.2, 0) is 22.1 Å². The average Bonchev–Trinajstić information content (AvgIpc) is 2.66. The molecule has 1 N–H and O–H groups in total. The largest absolute Gasteiger partial charge is 0.495 e. The summed E-state index contributed by atoms with van der Waals surface area (Å²) in [5.74, 6) is -1.14. The third-order valence-corrected chi connectivity index (χ3v) is 4.19. The summed E-state index contributed by atoms with van der Waals surface area (Å²) in [5, 5.41) is 2.72. The number of rotatable bonds is 6. The number of methoxy groups -OCH3 is 2. The summed E-state index contributed by atoms with van der Waals surface area (Å²) in [6, 6.07) is 7.61. The first-order chi connectivity index (χ1) is 13.2. The lowest BCUT2D eigenvalue weighted by molar-refractivity contribution is -0.143.